The molecule has 26 heavy (non-hydrogen) atoms. The Bertz CT molecular complexity index is 907. The molecule has 0 aliphatic carbocycles. The first-order valence-electron chi connectivity index (χ1n) is 8.98. The Kier molecular flexibility index (Phi) is 4.42. The second-order valence-electron chi connectivity index (χ2n) is 7.36. The van der Waals surface area contributed by atoms with E-state index in [4.69, 9.17) is 0 Å². The van der Waals surface area contributed by atoms with Crippen LogP contribution in [0.3, 0.4) is 0 Å². The molecule has 1 saturated heterocycles. The van der Waals surface area contributed by atoms with E-state index >= 15 is 0 Å². The number of hydrogen-bond acceptors (Lipinski definition) is 6. The maximum atomic E-state index is 4.39. The van der Waals surface area contributed by atoms with E-state index in [0.29, 0.717) is 0 Å². The van der Waals surface area contributed by atoms with Crippen molar-refractivity contribution in [3.63, 3.8) is 0 Å². The van der Waals surface area contributed by atoms with Crippen molar-refractivity contribution in [1.29, 1.82) is 0 Å². The van der Waals surface area contributed by atoms with Crippen LogP contribution in [0, 0.1) is 0 Å². The van der Waals surface area contributed by atoms with Gasteiger partial charge in [0.1, 0.15) is 0 Å². The first kappa shape index (κ1) is 16.7. The highest BCUT2D eigenvalue weighted by atomic mass is 15.2. The fraction of sp³-hybridized carbons (Fsp3) is 0.350. The normalized spacial score (nSPS) is 16.6. The molecule has 0 radical (unpaired) electrons. The number of rotatable bonds is 4. The van der Waals surface area contributed by atoms with Gasteiger partial charge in [0, 0.05) is 50.3 Å². The van der Waals surface area contributed by atoms with Gasteiger partial charge < -0.3 is 15.5 Å². The average molecular weight is 348 g/mol. The van der Waals surface area contributed by atoms with Gasteiger partial charge >= 0.3 is 0 Å². The maximum Gasteiger partial charge on any atom is 0.0890 e. The van der Waals surface area contributed by atoms with Gasteiger partial charge in [0.25, 0.3) is 0 Å². The summed E-state index contributed by atoms with van der Waals surface area (Å²) < 4.78 is 0. The van der Waals surface area contributed by atoms with E-state index in [1.165, 1.54) is 11.3 Å². The average Bonchev–Trinajstić information content (AvgIpc) is 2.65. The number of hydrogen-bond donors (Lipinski definition) is 2. The number of piperazine rings is 1. The minimum atomic E-state index is 0.107. The number of anilines is 2. The monoisotopic (exact) mass is 348 g/mol. The highest BCUT2D eigenvalue weighted by Gasteiger charge is 2.26. The Morgan fingerprint density at radius 3 is 2.81 bits per heavy atom. The zero-order valence-electron chi connectivity index (χ0n) is 15.2. The number of nitrogens with zero attached hydrogens (tertiary/aromatic N) is 4. The molecule has 134 valence electrons. The fourth-order valence-corrected chi connectivity index (χ4v) is 3.46. The predicted octanol–water partition coefficient (Wildman–Crippen LogP) is 2.83. The molecule has 3 heterocycles. The third-order valence-corrected chi connectivity index (χ3v) is 4.73. The molecule has 2 aromatic heterocycles. The highest BCUT2D eigenvalue weighted by Crippen LogP contribution is 2.28. The molecule has 6 heteroatoms. The minimum Gasteiger partial charge on any atom is -0.378 e. The third-order valence-electron chi connectivity index (χ3n) is 4.73. The molecule has 0 unspecified atom stereocenters. The van der Waals surface area contributed by atoms with Crippen molar-refractivity contribution in [2.75, 3.05) is 29.9 Å². The molecule has 1 aliphatic rings. The van der Waals surface area contributed by atoms with Crippen LogP contribution in [-0.4, -0.2) is 40.1 Å². The second-order valence-corrected chi connectivity index (χ2v) is 7.36. The summed E-state index contributed by atoms with van der Waals surface area (Å²) in [5, 5.41) is 7.11. The third kappa shape index (κ3) is 3.60. The topological polar surface area (TPSA) is 66.0 Å². The van der Waals surface area contributed by atoms with Crippen molar-refractivity contribution >= 4 is 22.4 Å². The Morgan fingerprint density at radius 2 is 1.96 bits per heavy atom. The molecule has 1 aromatic carbocycles. The maximum absolute atomic E-state index is 4.39. The number of nitrogens with one attached hydrogen (secondary N) is 2. The van der Waals surface area contributed by atoms with Gasteiger partial charge in [-0.05, 0) is 37.6 Å². The lowest BCUT2D eigenvalue weighted by Gasteiger charge is -2.41. The van der Waals surface area contributed by atoms with Crippen LogP contribution in [0.25, 0.3) is 11.0 Å². The predicted molar refractivity (Wildman–Crippen MR) is 105 cm³/mol. The number of aromatic nitrogens is 3. The molecule has 3 aromatic rings. The molecule has 0 atom stereocenters. The molecule has 1 aliphatic heterocycles. The summed E-state index contributed by atoms with van der Waals surface area (Å²) in [5.41, 5.74) is 5.38. The van der Waals surface area contributed by atoms with Gasteiger partial charge in [-0.25, -0.2) is 0 Å². The van der Waals surface area contributed by atoms with Crippen molar-refractivity contribution in [1.82, 2.24) is 20.3 Å². The van der Waals surface area contributed by atoms with Crippen LogP contribution >= 0.6 is 0 Å². The van der Waals surface area contributed by atoms with E-state index in [-0.39, 0.29) is 5.54 Å². The van der Waals surface area contributed by atoms with E-state index in [1.807, 2.05) is 18.5 Å². The molecular formula is C20H24N6. The van der Waals surface area contributed by atoms with E-state index < -0.39 is 0 Å². The largest absolute Gasteiger partial charge is 0.378 e. The molecule has 0 spiro atoms. The highest BCUT2D eigenvalue weighted by molar-refractivity contribution is 5.75. The number of pyridine rings is 1. The lowest BCUT2D eigenvalue weighted by atomic mass is 10.0. The lowest BCUT2D eigenvalue weighted by Crippen LogP contribution is -2.57. The second kappa shape index (κ2) is 6.88. The van der Waals surface area contributed by atoms with Gasteiger partial charge in [0.05, 0.1) is 28.6 Å². The van der Waals surface area contributed by atoms with Crippen LogP contribution in [0.1, 0.15) is 19.4 Å². The van der Waals surface area contributed by atoms with E-state index in [2.05, 4.69) is 62.5 Å². The first-order chi connectivity index (χ1) is 12.6. The van der Waals surface area contributed by atoms with Gasteiger partial charge in [-0.1, -0.05) is 6.07 Å². The van der Waals surface area contributed by atoms with E-state index in [1.54, 1.807) is 12.4 Å². The summed E-state index contributed by atoms with van der Waals surface area (Å²) in [6.07, 6.45) is 7.22. The summed E-state index contributed by atoms with van der Waals surface area (Å²) in [6, 6.07) is 8.28. The Morgan fingerprint density at radius 1 is 1.12 bits per heavy atom. The summed E-state index contributed by atoms with van der Waals surface area (Å²) in [6.45, 7) is 8.15. The van der Waals surface area contributed by atoms with Crippen molar-refractivity contribution in [3.8, 4) is 0 Å². The molecule has 0 saturated carbocycles. The Hall–Kier alpha value is -2.73. The van der Waals surface area contributed by atoms with Crippen LogP contribution in [0.5, 0.6) is 0 Å². The van der Waals surface area contributed by atoms with E-state index in [0.717, 1.165) is 42.9 Å². The summed E-state index contributed by atoms with van der Waals surface area (Å²) in [5.74, 6) is 0. The molecule has 1 fully saturated rings. The van der Waals surface area contributed by atoms with Crippen molar-refractivity contribution < 1.29 is 0 Å². The molecule has 0 bridgehead atoms. The summed E-state index contributed by atoms with van der Waals surface area (Å²) >= 11 is 0. The molecule has 0 amide bonds. The standard InChI is InChI=1S/C20H24N6/c1-20(2)14-26(10-9-25-20)19-5-6-21-13-18(19)24-12-15-3-4-16-17(11-15)23-8-7-22-16/h3-8,11,13,24-25H,9-10,12,14H2,1-2H3. The van der Waals surface area contributed by atoms with E-state index in [9.17, 15) is 0 Å². The molecule has 2 N–H and O–H groups in total. The Balaban J connectivity index is 1.53. The van der Waals surface area contributed by atoms with Crippen LogP contribution in [0.4, 0.5) is 11.4 Å². The number of fused-ring (bicyclic) bond motifs is 1. The number of benzene rings is 1. The summed E-state index contributed by atoms with van der Waals surface area (Å²) in [7, 11) is 0. The van der Waals surface area contributed by atoms with Gasteiger partial charge in [0.15, 0.2) is 0 Å². The van der Waals surface area contributed by atoms with Crippen molar-refractivity contribution in [2.24, 2.45) is 0 Å². The quantitative estimate of drug-likeness (QED) is 0.756. The van der Waals surface area contributed by atoms with Crippen LogP contribution in [0.15, 0.2) is 49.1 Å². The van der Waals surface area contributed by atoms with Gasteiger partial charge in [-0.15, -0.1) is 0 Å². The van der Waals surface area contributed by atoms with Crippen LogP contribution < -0.4 is 15.5 Å². The smallest absolute Gasteiger partial charge is 0.0890 e. The van der Waals surface area contributed by atoms with Gasteiger partial charge in [0.2, 0.25) is 0 Å². The van der Waals surface area contributed by atoms with Crippen molar-refractivity contribution in [3.05, 3.63) is 54.6 Å². The fourth-order valence-electron chi connectivity index (χ4n) is 3.46. The van der Waals surface area contributed by atoms with Crippen LogP contribution in [-0.2, 0) is 6.54 Å². The minimum absolute atomic E-state index is 0.107. The zero-order valence-corrected chi connectivity index (χ0v) is 15.2. The van der Waals surface area contributed by atoms with Gasteiger partial charge in [-0.2, -0.15) is 0 Å². The van der Waals surface area contributed by atoms with Crippen molar-refractivity contribution in [2.45, 2.75) is 25.9 Å². The summed E-state index contributed by atoms with van der Waals surface area (Å²) in [4.78, 5) is 15.4. The first-order valence-corrected chi connectivity index (χ1v) is 8.98. The molecule has 4 rings (SSSR count). The SMILES string of the molecule is CC1(C)CN(c2ccncc2NCc2ccc3nccnc3c2)CCN1. The lowest BCUT2D eigenvalue weighted by molar-refractivity contribution is 0.353. The molecule has 6 nitrogen and oxygen atoms in total. The van der Waals surface area contributed by atoms with Gasteiger partial charge in [-0.3, -0.25) is 15.0 Å². The Labute approximate surface area is 153 Å². The van der Waals surface area contributed by atoms with Crippen LogP contribution in [0.2, 0.25) is 0 Å². The molecular weight excluding hydrogens is 324 g/mol. The zero-order chi connectivity index (χ0) is 18.0.